The molecule has 0 atom stereocenters. The van der Waals surface area contributed by atoms with Crippen molar-refractivity contribution in [3.05, 3.63) is 70.8 Å². The molecule has 4 heteroatoms. The standard InChI is InChI=1S/C14H11N3O/c18-12-7-4-8-15-14-13(12)16-10-17(14)9-11-5-2-1-3-6-11/h1-8,10H,9H2. The van der Waals surface area contributed by atoms with Gasteiger partial charge in [0.15, 0.2) is 11.2 Å². The molecule has 0 N–H and O–H groups in total. The molecule has 3 rings (SSSR count). The molecule has 0 saturated heterocycles. The number of hydrogen-bond acceptors (Lipinski definition) is 3. The maximum absolute atomic E-state index is 11.7. The molecule has 3 aromatic rings. The van der Waals surface area contributed by atoms with Gasteiger partial charge in [0.05, 0.1) is 12.9 Å². The second kappa shape index (κ2) is 4.41. The summed E-state index contributed by atoms with van der Waals surface area (Å²) in [5.41, 5.74) is 2.08. The third kappa shape index (κ3) is 1.88. The van der Waals surface area contributed by atoms with Gasteiger partial charge in [-0.2, -0.15) is 0 Å². The van der Waals surface area contributed by atoms with Gasteiger partial charge in [-0.3, -0.25) is 4.79 Å². The molecule has 0 bridgehead atoms. The molecule has 0 amide bonds. The average molecular weight is 237 g/mol. The summed E-state index contributed by atoms with van der Waals surface area (Å²) in [6.07, 6.45) is 3.28. The third-order valence-electron chi connectivity index (χ3n) is 2.77. The van der Waals surface area contributed by atoms with Gasteiger partial charge >= 0.3 is 0 Å². The summed E-state index contributed by atoms with van der Waals surface area (Å²) in [6, 6.07) is 13.1. The molecule has 0 unspecified atom stereocenters. The van der Waals surface area contributed by atoms with Crippen molar-refractivity contribution in [2.45, 2.75) is 6.54 Å². The summed E-state index contributed by atoms with van der Waals surface area (Å²) >= 11 is 0. The first-order chi connectivity index (χ1) is 8.84. The predicted octanol–water partition coefficient (Wildman–Crippen LogP) is 1.84. The minimum absolute atomic E-state index is 0.102. The Labute approximate surface area is 104 Å². The zero-order valence-corrected chi connectivity index (χ0v) is 9.65. The minimum atomic E-state index is -0.102. The van der Waals surface area contributed by atoms with E-state index in [1.54, 1.807) is 18.6 Å². The summed E-state index contributed by atoms with van der Waals surface area (Å²) in [4.78, 5) is 20.1. The molecule has 88 valence electrons. The number of hydrogen-bond donors (Lipinski definition) is 0. The van der Waals surface area contributed by atoms with E-state index in [4.69, 9.17) is 0 Å². The van der Waals surface area contributed by atoms with Gasteiger partial charge in [-0.1, -0.05) is 30.3 Å². The second-order valence-electron chi connectivity index (χ2n) is 4.03. The molecule has 0 aliphatic carbocycles. The van der Waals surface area contributed by atoms with E-state index >= 15 is 0 Å². The maximum atomic E-state index is 11.7. The van der Waals surface area contributed by atoms with Gasteiger partial charge in [-0.15, -0.1) is 0 Å². The Morgan fingerprint density at radius 1 is 1.00 bits per heavy atom. The van der Waals surface area contributed by atoms with Crippen LogP contribution in [0, 0.1) is 0 Å². The Bertz CT molecular complexity index is 735. The van der Waals surface area contributed by atoms with Crippen molar-refractivity contribution in [1.29, 1.82) is 0 Å². The van der Waals surface area contributed by atoms with Crippen molar-refractivity contribution in [3.8, 4) is 0 Å². The van der Waals surface area contributed by atoms with Crippen LogP contribution in [0.4, 0.5) is 0 Å². The number of benzene rings is 1. The van der Waals surface area contributed by atoms with Crippen LogP contribution >= 0.6 is 0 Å². The summed E-state index contributed by atoms with van der Waals surface area (Å²) < 4.78 is 1.88. The highest BCUT2D eigenvalue weighted by atomic mass is 16.1. The molecule has 2 heterocycles. The van der Waals surface area contributed by atoms with Gasteiger partial charge in [0.1, 0.15) is 0 Å². The Balaban J connectivity index is 2.12. The van der Waals surface area contributed by atoms with E-state index in [-0.39, 0.29) is 5.43 Å². The van der Waals surface area contributed by atoms with Crippen molar-refractivity contribution in [2.75, 3.05) is 0 Å². The average Bonchev–Trinajstić information content (AvgIpc) is 2.69. The normalized spacial score (nSPS) is 10.7. The number of imidazole rings is 1. The summed E-state index contributed by atoms with van der Waals surface area (Å²) in [5.74, 6) is 0. The first-order valence-electron chi connectivity index (χ1n) is 5.69. The molecule has 1 aromatic carbocycles. The first-order valence-corrected chi connectivity index (χ1v) is 5.69. The minimum Gasteiger partial charge on any atom is -0.311 e. The van der Waals surface area contributed by atoms with Crippen LogP contribution in [0.2, 0.25) is 0 Å². The third-order valence-corrected chi connectivity index (χ3v) is 2.77. The highest BCUT2D eigenvalue weighted by Crippen LogP contribution is 2.08. The number of fused-ring (bicyclic) bond motifs is 1. The fraction of sp³-hybridized carbons (Fsp3) is 0.0714. The fourth-order valence-electron chi connectivity index (χ4n) is 1.90. The highest BCUT2D eigenvalue weighted by Gasteiger charge is 2.05. The van der Waals surface area contributed by atoms with Gasteiger partial charge in [-0.05, 0) is 17.7 Å². The Morgan fingerprint density at radius 3 is 2.67 bits per heavy atom. The van der Waals surface area contributed by atoms with Gasteiger partial charge in [-0.25, -0.2) is 9.97 Å². The number of rotatable bonds is 2. The predicted molar refractivity (Wildman–Crippen MR) is 69.3 cm³/mol. The zero-order chi connectivity index (χ0) is 12.4. The molecule has 0 saturated carbocycles. The van der Waals surface area contributed by atoms with Crippen LogP contribution in [0.25, 0.3) is 11.2 Å². The van der Waals surface area contributed by atoms with E-state index in [2.05, 4.69) is 9.97 Å². The van der Waals surface area contributed by atoms with Crippen LogP contribution in [0.1, 0.15) is 5.56 Å². The Hall–Kier alpha value is -2.49. The SMILES string of the molecule is O=c1cccnc2c1ncn2Cc1ccccc1. The van der Waals surface area contributed by atoms with Crippen LogP contribution in [0.15, 0.2) is 59.8 Å². The topological polar surface area (TPSA) is 47.8 Å². The van der Waals surface area contributed by atoms with Crippen molar-refractivity contribution < 1.29 is 0 Å². The van der Waals surface area contributed by atoms with Gasteiger partial charge in [0.2, 0.25) is 5.43 Å². The number of aromatic nitrogens is 3. The van der Waals surface area contributed by atoms with E-state index < -0.39 is 0 Å². The lowest BCUT2D eigenvalue weighted by atomic mass is 10.2. The lowest BCUT2D eigenvalue weighted by molar-refractivity contribution is 0.814. The largest absolute Gasteiger partial charge is 0.311 e. The smallest absolute Gasteiger partial charge is 0.208 e. The highest BCUT2D eigenvalue weighted by molar-refractivity contribution is 5.69. The summed E-state index contributed by atoms with van der Waals surface area (Å²) in [7, 11) is 0. The van der Waals surface area contributed by atoms with Crippen molar-refractivity contribution >= 4 is 11.2 Å². The van der Waals surface area contributed by atoms with Crippen molar-refractivity contribution in [2.24, 2.45) is 0 Å². The molecule has 4 nitrogen and oxygen atoms in total. The van der Waals surface area contributed by atoms with Crippen LogP contribution < -0.4 is 5.43 Å². The fourth-order valence-corrected chi connectivity index (χ4v) is 1.90. The van der Waals surface area contributed by atoms with Gasteiger partial charge in [0, 0.05) is 6.20 Å². The van der Waals surface area contributed by atoms with Crippen LogP contribution in [0.5, 0.6) is 0 Å². The molecule has 0 aliphatic rings. The quantitative estimate of drug-likeness (QED) is 0.683. The van der Waals surface area contributed by atoms with Crippen LogP contribution in [-0.4, -0.2) is 14.5 Å². The first kappa shape index (κ1) is 10.7. The summed E-state index contributed by atoms with van der Waals surface area (Å²) in [5, 5.41) is 0. The van der Waals surface area contributed by atoms with Gasteiger partial charge in [0.25, 0.3) is 0 Å². The molecule has 0 spiro atoms. The molecule has 18 heavy (non-hydrogen) atoms. The van der Waals surface area contributed by atoms with Gasteiger partial charge < -0.3 is 4.57 Å². The molecule has 0 radical (unpaired) electrons. The van der Waals surface area contributed by atoms with Crippen LogP contribution in [-0.2, 0) is 6.54 Å². The Kier molecular flexibility index (Phi) is 2.61. The zero-order valence-electron chi connectivity index (χ0n) is 9.65. The second-order valence-corrected chi connectivity index (χ2v) is 4.03. The molecule has 0 fully saturated rings. The molecular weight excluding hydrogens is 226 g/mol. The van der Waals surface area contributed by atoms with E-state index in [9.17, 15) is 4.79 Å². The number of nitrogens with zero attached hydrogens (tertiary/aromatic N) is 3. The van der Waals surface area contributed by atoms with Crippen molar-refractivity contribution in [3.63, 3.8) is 0 Å². The van der Waals surface area contributed by atoms with E-state index in [1.807, 2.05) is 34.9 Å². The van der Waals surface area contributed by atoms with E-state index in [0.29, 0.717) is 17.7 Å². The Morgan fingerprint density at radius 2 is 1.83 bits per heavy atom. The van der Waals surface area contributed by atoms with Crippen molar-refractivity contribution in [1.82, 2.24) is 14.5 Å². The lowest BCUT2D eigenvalue weighted by Crippen LogP contribution is -1.99. The lowest BCUT2D eigenvalue weighted by Gasteiger charge is -2.02. The van der Waals surface area contributed by atoms with Crippen LogP contribution in [0.3, 0.4) is 0 Å². The maximum Gasteiger partial charge on any atom is 0.208 e. The van der Waals surface area contributed by atoms with E-state index in [1.165, 1.54) is 6.07 Å². The molecule has 0 aliphatic heterocycles. The summed E-state index contributed by atoms with van der Waals surface area (Å²) in [6.45, 7) is 0.661. The van der Waals surface area contributed by atoms with E-state index in [0.717, 1.165) is 5.56 Å². The monoisotopic (exact) mass is 237 g/mol. The molecular formula is C14H11N3O. The molecule has 2 aromatic heterocycles.